The SMILES string of the molecule is CB(O)N1CCCC2(C1)C(=O)Nc1ccccc12. The lowest BCUT2D eigenvalue weighted by atomic mass is 9.70. The fraction of sp³-hybridized carbons (Fsp3) is 0.462. The minimum absolute atomic E-state index is 0.0778. The van der Waals surface area contributed by atoms with Gasteiger partial charge in [-0.1, -0.05) is 18.2 Å². The molecule has 94 valence electrons. The third-order valence-corrected chi connectivity index (χ3v) is 4.18. The number of nitrogens with one attached hydrogen (secondary N) is 1. The number of carbonyl (C=O) groups excluding carboxylic acids is 1. The van der Waals surface area contributed by atoms with Crippen LogP contribution in [0.25, 0.3) is 0 Å². The van der Waals surface area contributed by atoms with Gasteiger partial charge in [-0.25, -0.2) is 0 Å². The molecule has 2 aliphatic heterocycles. The number of carbonyl (C=O) groups is 1. The third-order valence-electron chi connectivity index (χ3n) is 4.18. The Labute approximate surface area is 107 Å². The van der Waals surface area contributed by atoms with Gasteiger partial charge in [-0.05, 0) is 37.8 Å². The van der Waals surface area contributed by atoms with E-state index in [-0.39, 0.29) is 5.91 Å². The van der Waals surface area contributed by atoms with Crippen molar-refractivity contribution < 1.29 is 9.82 Å². The van der Waals surface area contributed by atoms with E-state index in [1.54, 1.807) is 6.82 Å². The molecule has 1 unspecified atom stereocenters. The number of hydrogen-bond donors (Lipinski definition) is 2. The molecule has 1 fully saturated rings. The van der Waals surface area contributed by atoms with Gasteiger partial charge < -0.3 is 15.2 Å². The summed E-state index contributed by atoms with van der Waals surface area (Å²) >= 11 is 0. The van der Waals surface area contributed by atoms with Crippen molar-refractivity contribution in [2.24, 2.45) is 0 Å². The summed E-state index contributed by atoms with van der Waals surface area (Å²) < 4.78 is 0. The van der Waals surface area contributed by atoms with E-state index in [9.17, 15) is 9.82 Å². The molecule has 1 spiro atoms. The van der Waals surface area contributed by atoms with Gasteiger partial charge in [0.15, 0.2) is 0 Å². The topological polar surface area (TPSA) is 52.6 Å². The molecule has 2 heterocycles. The van der Waals surface area contributed by atoms with Crippen LogP contribution >= 0.6 is 0 Å². The average Bonchev–Trinajstić information content (AvgIpc) is 2.63. The molecule has 2 aliphatic rings. The highest BCUT2D eigenvalue weighted by molar-refractivity contribution is 6.45. The van der Waals surface area contributed by atoms with Gasteiger partial charge in [0.2, 0.25) is 5.91 Å². The molecule has 0 saturated carbocycles. The molecular weight excluding hydrogens is 227 g/mol. The van der Waals surface area contributed by atoms with Gasteiger partial charge in [0.1, 0.15) is 0 Å². The van der Waals surface area contributed by atoms with Crippen LogP contribution in [0.2, 0.25) is 6.82 Å². The van der Waals surface area contributed by atoms with E-state index in [1.807, 2.05) is 29.1 Å². The lowest BCUT2D eigenvalue weighted by Crippen LogP contribution is -2.54. The van der Waals surface area contributed by atoms with Gasteiger partial charge in [0, 0.05) is 12.2 Å². The first-order valence-electron chi connectivity index (χ1n) is 6.46. The molecule has 1 atom stereocenters. The minimum atomic E-state index is -0.497. The van der Waals surface area contributed by atoms with E-state index in [0.717, 1.165) is 30.6 Å². The van der Waals surface area contributed by atoms with Crippen LogP contribution in [-0.2, 0) is 10.2 Å². The second kappa shape index (κ2) is 4.11. The van der Waals surface area contributed by atoms with Crippen molar-refractivity contribution in [2.45, 2.75) is 25.1 Å². The van der Waals surface area contributed by atoms with Gasteiger partial charge in [-0.3, -0.25) is 4.79 Å². The largest absolute Gasteiger partial charge is 0.437 e. The van der Waals surface area contributed by atoms with Gasteiger partial charge >= 0.3 is 7.05 Å². The lowest BCUT2D eigenvalue weighted by molar-refractivity contribution is -0.122. The first-order valence-corrected chi connectivity index (χ1v) is 6.46. The van der Waals surface area contributed by atoms with E-state index in [4.69, 9.17) is 0 Å². The van der Waals surface area contributed by atoms with Crippen molar-refractivity contribution >= 4 is 18.6 Å². The smallest absolute Gasteiger partial charge is 0.376 e. The molecule has 18 heavy (non-hydrogen) atoms. The van der Waals surface area contributed by atoms with Crippen LogP contribution in [-0.4, -0.2) is 35.9 Å². The number of nitrogens with zero attached hydrogens (tertiary/aromatic N) is 1. The molecule has 1 amide bonds. The van der Waals surface area contributed by atoms with Crippen molar-refractivity contribution in [1.29, 1.82) is 0 Å². The summed E-state index contributed by atoms with van der Waals surface area (Å²) in [6.07, 6.45) is 1.80. The molecule has 1 aromatic rings. The van der Waals surface area contributed by atoms with E-state index in [2.05, 4.69) is 5.32 Å². The van der Waals surface area contributed by atoms with Gasteiger partial charge in [-0.2, -0.15) is 0 Å². The normalized spacial score (nSPS) is 27.1. The average molecular weight is 244 g/mol. The van der Waals surface area contributed by atoms with Crippen molar-refractivity contribution in [3.63, 3.8) is 0 Å². The Morgan fingerprint density at radius 1 is 1.44 bits per heavy atom. The van der Waals surface area contributed by atoms with Crippen LogP contribution in [0, 0.1) is 0 Å². The summed E-state index contributed by atoms with van der Waals surface area (Å²) in [7, 11) is -0.497. The monoisotopic (exact) mass is 244 g/mol. The van der Waals surface area contributed by atoms with Crippen molar-refractivity contribution in [2.75, 3.05) is 18.4 Å². The number of amides is 1. The lowest BCUT2D eigenvalue weighted by Gasteiger charge is -2.39. The number of benzene rings is 1. The number of anilines is 1. The molecular formula is C13H17BN2O2. The Morgan fingerprint density at radius 2 is 2.22 bits per heavy atom. The number of para-hydroxylation sites is 1. The summed E-state index contributed by atoms with van der Waals surface area (Å²) in [4.78, 5) is 14.3. The zero-order valence-electron chi connectivity index (χ0n) is 10.5. The summed E-state index contributed by atoms with van der Waals surface area (Å²) in [5.41, 5.74) is 1.54. The molecule has 2 N–H and O–H groups in total. The third kappa shape index (κ3) is 1.58. The van der Waals surface area contributed by atoms with Crippen LogP contribution in [0.5, 0.6) is 0 Å². The second-order valence-electron chi connectivity index (χ2n) is 5.29. The van der Waals surface area contributed by atoms with E-state index < -0.39 is 12.5 Å². The summed E-state index contributed by atoms with van der Waals surface area (Å²) in [6.45, 7) is 3.22. The molecule has 5 heteroatoms. The molecule has 1 saturated heterocycles. The quantitative estimate of drug-likeness (QED) is 0.727. The molecule has 3 rings (SSSR count). The Bertz CT molecular complexity index is 492. The van der Waals surface area contributed by atoms with Crippen LogP contribution in [0.3, 0.4) is 0 Å². The van der Waals surface area contributed by atoms with Gasteiger partial charge in [-0.15, -0.1) is 0 Å². The van der Waals surface area contributed by atoms with Gasteiger partial charge in [0.05, 0.1) is 5.41 Å². The fourth-order valence-corrected chi connectivity index (χ4v) is 3.19. The standard InChI is InChI=1S/C13H17BN2O2/c1-14(18)16-8-4-7-13(9-16)10-5-2-3-6-11(10)15-12(13)17/h2-3,5-6,18H,4,7-9H2,1H3,(H,15,17). The summed E-state index contributed by atoms with van der Waals surface area (Å²) in [5, 5.41) is 12.7. The van der Waals surface area contributed by atoms with Crippen LogP contribution in [0.15, 0.2) is 24.3 Å². The number of piperidine rings is 1. The maximum atomic E-state index is 12.4. The molecule has 0 aliphatic carbocycles. The maximum absolute atomic E-state index is 12.4. The predicted molar refractivity (Wildman–Crippen MR) is 71.4 cm³/mol. The summed E-state index contributed by atoms with van der Waals surface area (Å²) in [5.74, 6) is 0.0778. The highest BCUT2D eigenvalue weighted by atomic mass is 16.2. The Morgan fingerprint density at radius 3 is 3.00 bits per heavy atom. The first kappa shape index (κ1) is 11.7. The Hall–Kier alpha value is -1.33. The van der Waals surface area contributed by atoms with E-state index in [0.29, 0.717) is 6.54 Å². The van der Waals surface area contributed by atoms with E-state index >= 15 is 0 Å². The fourth-order valence-electron chi connectivity index (χ4n) is 3.19. The van der Waals surface area contributed by atoms with Gasteiger partial charge in [0.25, 0.3) is 0 Å². The highest BCUT2D eigenvalue weighted by Gasteiger charge is 2.49. The molecule has 0 radical (unpaired) electrons. The minimum Gasteiger partial charge on any atom is -0.437 e. The molecule has 0 aromatic heterocycles. The molecule has 1 aromatic carbocycles. The first-order chi connectivity index (χ1) is 8.63. The van der Waals surface area contributed by atoms with Crippen LogP contribution in [0.4, 0.5) is 5.69 Å². The number of hydrogen-bond acceptors (Lipinski definition) is 3. The second-order valence-corrected chi connectivity index (χ2v) is 5.29. The maximum Gasteiger partial charge on any atom is 0.376 e. The van der Waals surface area contributed by atoms with Crippen LogP contribution < -0.4 is 5.32 Å². The summed E-state index contributed by atoms with van der Waals surface area (Å²) in [6, 6.07) is 7.89. The van der Waals surface area contributed by atoms with Crippen LogP contribution in [0.1, 0.15) is 18.4 Å². The van der Waals surface area contributed by atoms with Crippen molar-refractivity contribution in [3.8, 4) is 0 Å². The van der Waals surface area contributed by atoms with Crippen molar-refractivity contribution in [3.05, 3.63) is 29.8 Å². The zero-order valence-corrected chi connectivity index (χ0v) is 10.5. The van der Waals surface area contributed by atoms with E-state index in [1.165, 1.54) is 0 Å². The molecule has 4 nitrogen and oxygen atoms in total. The van der Waals surface area contributed by atoms with Crippen molar-refractivity contribution in [1.82, 2.24) is 4.81 Å². The Balaban J connectivity index is 2.01. The predicted octanol–water partition coefficient (Wildman–Crippen LogP) is 1.08. The molecule has 0 bridgehead atoms. The Kier molecular flexibility index (Phi) is 2.68. The highest BCUT2D eigenvalue weighted by Crippen LogP contribution is 2.43. The zero-order chi connectivity index (χ0) is 12.8. The number of fused-ring (bicyclic) bond motifs is 2. The number of rotatable bonds is 1.